The third-order valence-corrected chi connectivity index (χ3v) is 4.30. The first-order valence-electron chi connectivity index (χ1n) is 7.03. The minimum atomic E-state index is 0.120. The second kappa shape index (κ2) is 8.05. The van der Waals surface area contributed by atoms with E-state index in [1.54, 1.807) is 6.07 Å². The molecular weight excluding hydrogens is 325 g/mol. The van der Waals surface area contributed by atoms with Crippen LogP contribution in [0.5, 0.6) is 0 Å². The molecule has 0 aliphatic rings. The van der Waals surface area contributed by atoms with E-state index < -0.39 is 0 Å². The highest BCUT2D eigenvalue weighted by atomic mass is 35.5. The molecule has 0 fully saturated rings. The van der Waals surface area contributed by atoms with Gasteiger partial charge in [-0.15, -0.1) is 0 Å². The second-order valence-corrected chi connectivity index (χ2v) is 6.22. The third-order valence-electron chi connectivity index (χ3n) is 3.35. The van der Waals surface area contributed by atoms with Gasteiger partial charge < -0.3 is 5.32 Å². The van der Waals surface area contributed by atoms with Gasteiger partial charge in [0.1, 0.15) is 0 Å². The molecule has 0 heterocycles. The van der Waals surface area contributed by atoms with Gasteiger partial charge in [0.05, 0.1) is 0 Å². The third kappa shape index (κ3) is 4.62. The molecule has 1 atom stereocenters. The quantitative estimate of drug-likeness (QED) is 0.686. The van der Waals surface area contributed by atoms with Crippen molar-refractivity contribution in [3.8, 4) is 0 Å². The molecule has 0 aliphatic carbocycles. The summed E-state index contributed by atoms with van der Waals surface area (Å²) in [6.07, 6.45) is 1.81. The van der Waals surface area contributed by atoms with E-state index in [2.05, 4.69) is 12.2 Å². The van der Waals surface area contributed by atoms with Crippen molar-refractivity contribution >= 4 is 34.8 Å². The van der Waals surface area contributed by atoms with Gasteiger partial charge in [-0.25, -0.2) is 0 Å². The summed E-state index contributed by atoms with van der Waals surface area (Å²) in [5.74, 6) is 0. The van der Waals surface area contributed by atoms with E-state index >= 15 is 0 Å². The second-order valence-electron chi connectivity index (χ2n) is 4.97. The summed E-state index contributed by atoms with van der Waals surface area (Å²) in [4.78, 5) is 0. The van der Waals surface area contributed by atoms with Crippen LogP contribution in [0.3, 0.4) is 0 Å². The number of halogens is 3. The Morgan fingerprint density at radius 3 is 2.48 bits per heavy atom. The normalized spacial score (nSPS) is 12.4. The molecule has 1 N–H and O–H groups in total. The lowest BCUT2D eigenvalue weighted by Gasteiger charge is -2.21. The fraction of sp³-hybridized carbons (Fsp3) is 0.294. The lowest BCUT2D eigenvalue weighted by atomic mass is 9.98. The van der Waals surface area contributed by atoms with Crippen LogP contribution in [0.2, 0.25) is 15.1 Å². The van der Waals surface area contributed by atoms with Gasteiger partial charge in [-0.2, -0.15) is 0 Å². The van der Waals surface area contributed by atoms with Crippen molar-refractivity contribution in [1.29, 1.82) is 0 Å². The first-order chi connectivity index (χ1) is 10.1. The molecule has 2 aromatic rings. The van der Waals surface area contributed by atoms with Gasteiger partial charge in [0.2, 0.25) is 0 Å². The minimum absolute atomic E-state index is 0.120. The highest BCUT2D eigenvalue weighted by molar-refractivity contribution is 6.33. The summed E-state index contributed by atoms with van der Waals surface area (Å²) >= 11 is 18.7. The lowest BCUT2D eigenvalue weighted by molar-refractivity contribution is 0.529. The van der Waals surface area contributed by atoms with E-state index in [0.717, 1.165) is 40.6 Å². The predicted molar refractivity (Wildman–Crippen MR) is 92.7 cm³/mol. The fourth-order valence-corrected chi connectivity index (χ4v) is 2.94. The van der Waals surface area contributed by atoms with Crippen LogP contribution in [-0.4, -0.2) is 6.54 Å². The zero-order valence-corrected chi connectivity index (χ0v) is 14.1. The van der Waals surface area contributed by atoms with Crippen molar-refractivity contribution < 1.29 is 0 Å². The first-order valence-corrected chi connectivity index (χ1v) is 8.17. The average Bonchev–Trinajstić information content (AvgIpc) is 2.48. The van der Waals surface area contributed by atoms with Gasteiger partial charge >= 0.3 is 0 Å². The van der Waals surface area contributed by atoms with Crippen molar-refractivity contribution in [3.05, 3.63) is 68.7 Å². The first kappa shape index (κ1) is 16.6. The maximum atomic E-state index is 6.34. The molecule has 0 saturated heterocycles. The monoisotopic (exact) mass is 341 g/mol. The molecule has 4 heteroatoms. The van der Waals surface area contributed by atoms with Crippen molar-refractivity contribution in [2.45, 2.75) is 25.8 Å². The Bertz CT molecular complexity index is 598. The zero-order valence-electron chi connectivity index (χ0n) is 11.9. The molecule has 1 unspecified atom stereocenters. The molecule has 0 spiro atoms. The Kier molecular flexibility index (Phi) is 6.38. The molecule has 2 rings (SSSR count). The summed E-state index contributed by atoms with van der Waals surface area (Å²) in [5.41, 5.74) is 2.11. The standard InChI is InChI=1S/C17H18Cl3N/c1-2-9-21-17(14-5-3-4-6-16(14)20)11-12-10-13(18)7-8-15(12)19/h3-8,10,17,21H,2,9,11H2,1H3. The van der Waals surface area contributed by atoms with Crippen molar-refractivity contribution in [2.75, 3.05) is 6.54 Å². The molecular formula is C17H18Cl3N. The van der Waals surface area contributed by atoms with Gasteiger partial charge in [-0.1, -0.05) is 59.9 Å². The van der Waals surface area contributed by atoms with E-state index in [1.165, 1.54) is 0 Å². The topological polar surface area (TPSA) is 12.0 Å². The van der Waals surface area contributed by atoms with Gasteiger partial charge in [-0.3, -0.25) is 0 Å². The Hall–Kier alpha value is -0.730. The molecule has 1 nitrogen and oxygen atoms in total. The average molecular weight is 343 g/mol. The van der Waals surface area contributed by atoms with Crippen molar-refractivity contribution in [2.24, 2.45) is 0 Å². The van der Waals surface area contributed by atoms with Crippen LogP contribution in [-0.2, 0) is 6.42 Å². The van der Waals surface area contributed by atoms with Crippen LogP contribution in [0.25, 0.3) is 0 Å². The molecule has 2 aromatic carbocycles. The molecule has 0 bridgehead atoms. The highest BCUT2D eigenvalue weighted by Crippen LogP contribution is 2.29. The van der Waals surface area contributed by atoms with Crippen LogP contribution in [0.1, 0.15) is 30.5 Å². The number of hydrogen-bond donors (Lipinski definition) is 1. The molecule has 0 aliphatic heterocycles. The van der Waals surface area contributed by atoms with E-state index in [-0.39, 0.29) is 6.04 Å². The van der Waals surface area contributed by atoms with Crippen LogP contribution < -0.4 is 5.32 Å². The largest absolute Gasteiger partial charge is 0.310 e. The van der Waals surface area contributed by atoms with E-state index in [1.807, 2.05) is 36.4 Å². The Morgan fingerprint density at radius 1 is 1.00 bits per heavy atom. The zero-order chi connectivity index (χ0) is 15.2. The van der Waals surface area contributed by atoms with E-state index in [9.17, 15) is 0 Å². The van der Waals surface area contributed by atoms with Crippen molar-refractivity contribution in [1.82, 2.24) is 5.32 Å². The Labute approximate surface area is 141 Å². The van der Waals surface area contributed by atoms with Gasteiger partial charge in [0.15, 0.2) is 0 Å². The Morgan fingerprint density at radius 2 is 1.76 bits per heavy atom. The van der Waals surface area contributed by atoms with Crippen LogP contribution in [0.4, 0.5) is 0 Å². The summed E-state index contributed by atoms with van der Waals surface area (Å²) in [6, 6.07) is 13.6. The summed E-state index contributed by atoms with van der Waals surface area (Å²) in [5, 5.41) is 5.73. The smallest absolute Gasteiger partial charge is 0.0453 e. The molecule has 0 aromatic heterocycles. The molecule has 0 amide bonds. The predicted octanol–water partition coefficient (Wildman–Crippen LogP) is 5.93. The van der Waals surface area contributed by atoms with Crippen molar-refractivity contribution in [3.63, 3.8) is 0 Å². The summed E-state index contributed by atoms with van der Waals surface area (Å²) in [6.45, 7) is 3.07. The molecule has 0 radical (unpaired) electrons. The van der Waals surface area contributed by atoms with Gasteiger partial charge in [0.25, 0.3) is 0 Å². The number of benzene rings is 2. The van der Waals surface area contributed by atoms with Gasteiger partial charge in [-0.05, 0) is 54.8 Å². The highest BCUT2D eigenvalue weighted by Gasteiger charge is 2.16. The van der Waals surface area contributed by atoms with Crippen LogP contribution in [0, 0.1) is 0 Å². The van der Waals surface area contributed by atoms with Crippen LogP contribution >= 0.6 is 34.8 Å². The number of nitrogens with one attached hydrogen (secondary N) is 1. The SMILES string of the molecule is CCCNC(Cc1cc(Cl)ccc1Cl)c1ccccc1Cl. The summed E-state index contributed by atoms with van der Waals surface area (Å²) in [7, 11) is 0. The fourth-order valence-electron chi connectivity index (χ4n) is 2.29. The molecule has 21 heavy (non-hydrogen) atoms. The minimum Gasteiger partial charge on any atom is -0.310 e. The van der Waals surface area contributed by atoms with E-state index in [4.69, 9.17) is 34.8 Å². The van der Waals surface area contributed by atoms with Gasteiger partial charge in [0, 0.05) is 21.1 Å². The maximum Gasteiger partial charge on any atom is 0.0453 e. The van der Waals surface area contributed by atoms with Crippen LogP contribution in [0.15, 0.2) is 42.5 Å². The maximum absolute atomic E-state index is 6.34. The Balaban J connectivity index is 2.28. The molecule has 0 saturated carbocycles. The summed E-state index contributed by atoms with van der Waals surface area (Å²) < 4.78 is 0. The molecule has 112 valence electrons. The number of hydrogen-bond acceptors (Lipinski definition) is 1. The van der Waals surface area contributed by atoms with E-state index in [0.29, 0.717) is 5.02 Å². The number of rotatable bonds is 6. The lowest BCUT2D eigenvalue weighted by Crippen LogP contribution is -2.24.